The van der Waals surface area contributed by atoms with Gasteiger partial charge in [0, 0.05) is 10.9 Å². The van der Waals surface area contributed by atoms with Gasteiger partial charge in [0.15, 0.2) is 5.58 Å². The van der Waals surface area contributed by atoms with E-state index in [-0.39, 0.29) is 5.92 Å². The topological polar surface area (TPSA) is 25.2 Å². The molecule has 0 bridgehead atoms. The average Bonchev–Trinajstić information content (AvgIpc) is 2.76. The van der Waals surface area contributed by atoms with Crippen LogP contribution in [0.3, 0.4) is 0 Å². The smallest absolute Gasteiger partial charge is 0.154 e. The molecule has 0 unspecified atom stereocenters. The molecule has 0 spiro atoms. The number of nitrogens with one attached hydrogen (secondary N) is 1. The third-order valence-electron chi connectivity index (χ3n) is 3.34. The lowest BCUT2D eigenvalue weighted by Crippen LogP contribution is -2.19. The van der Waals surface area contributed by atoms with Gasteiger partial charge in [-0.3, -0.25) is 0 Å². The molecule has 2 aromatic rings. The molecule has 0 aliphatic carbocycles. The second-order valence-electron chi connectivity index (χ2n) is 5.98. The molecule has 0 radical (unpaired) electrons. The molecule has 116 valence electrons. The van der Waals surface area contributed by atoms with E-state index in [0.29, 0.717) is 33.1 Å². The van der Waals surface area contributed by atoms with E-state index in [1.54, 1.807) is 6.07 Å². The maximum Gasteiger partial charge on any atom is 0.154 e. The first-order valence-corrected chi connectivity index (χ1v) is 8.25. The van der Waals surface area contributed by atoms with E-state index in [2.05, 4.69) is 33.0 Å². The third-order valence-corrected chi connectivity index (χ3v) is 4.41. The predicted octanol–water partition coefficient (Wildman–Crippen LogP) is 6.26. The van der Waals surface area contributed by atoms with Crippen LogP contribution in [-0.4, -0.2) is 6.54 Å². The molecule has 0 saturated heterocycles. The van der Waals surface area contributed by atoms with Crippen molar-refractivity contribution in [1.82, 2.24) is 5.32 Å². The quantitative estimate of drug-likeness (QED) is 0.645. The summed E-state index contributed by atoms with van der Waals surface area (Å²) < 4.78 is 5.97. The molecular weight excluding hydrogens is 329 g/mol. The summed E-state index contributed by atoms with van der Waals surface area (Å²) in [6.45, 7) is 10.1. The molecule has 1 heterocycles. The highest BCUT2D eigenvalue weighted by atomic mass is 35.5. The Labute approximate surface area is 140 Å². The Kier molecular flexibility index (Phi) is 5.48. The predicted molar refractivity (Wildman–Crippen MR) is 91.9 cm³/mol. The van der Waals surface area contributed by atoms with Gasteiger partial charge in [-0.05, 0) is 24.4 Å². The summed E-state index contributed by atoms with van der Waals surface area (Å²) >= 11 is 18.8. The second kappa shape index (κ2) is 6.78. The first-order valence-electron chi connectivity index (χ1n) is 7.12. The number of benzene rings is 1. The standard InChI is InChI=1S/C16H20Cl3NO/c1-8(2)6-20-7-12-13(9(3)4)14-15(19)10(17)5-11(18)16(14)21-12/h5,8-9,20H,6-7H2,1-4H3. The number of rotatable bonds is 5. The molecule has 0 saturated carbocycles. The molecule has 5 heteroatoms. The molecule has 1 aromatic carbocycles. The van der Waals surface area contributed by atoms with Crippen molar-refractivity contribution >= 4 is 45.8 Å². The Morgan fingerprint density at radius 2 is 1.76 bits per heavy atom. The molecule has 0 fully saturated rings. The van der Waals surface area contributed by atoms with Gasteiger partial charge in [-0.25, -0.2) is 0 Å². The first-order chi connectivity index (χ1) is 9.82. The van der Waals surface area contributed by atoms with Crippen LogP contribution in [-0.2, 0) is 6.54 Å². The van der Waals surface area contributed by atoms with E-state index in [4.69, 9.17) is 39.2 Å². The zero-order valence-electron chi connectivity index (χ0n) is 12.7. The van der Waals surface area contributed by atoms with Gasteiger partial charge in [-0.15, -0.1) is 0 Å². The molecule has 21 heavy (non-hydrogen) atoms. The maximum absolute atomic E-state index is 6.37. The fraction of sp³-hybridized carbons (Fsp3) is 0.500. The summed E-state index contributed by atoms with van der Waals surface area (Å²) in [5, 5.41) is 5.70. The van der Waals surface area contributed by atoms with Crippen molar-refractivity contribution in [2.75, 3.05) is 6.54 Å². The summed E-state index contributed by atoms with van der Waals surface area (Å²) in [5.74, 6) is 1.74. The zero-order chi connectivity index (χ0) is 15.7. The van der Waals surface area contributed by atoms with E-state index in [1.807, 2.05) is 0 Å². The van der Waals surface area contributed by atoms with Crippen LogP contribution in [0, 0.1) is 5.92 Å². The first kappa shape index (κ1) is 17.0. The lowest BCUT2D eigenvalue weighted by atomic mass is 9.99. The van der Waals surface area contributed by atoms with Gasteiger partial charge in [-0.1, -0.05) is 62.5 Å². The van der Waals surface area contributed by atoms with Crippen LogP contribution in [0.1, 0.15) is 44.9 Å². The molecule has 0 atom stereocenters. The highest BCUT2D eigenvalue weighted by molar-refractivity contribution is 6.47. The second-order valence-corrected chi connectivity index (χ2v) is 7.17. The minimum atomic E-state index is 0.272. The number of halogens is 3. The molecule has 2 rings (SSSR count). The van der Waals surface area contributed by atoms with Crippen LogP contribution < -0.4 is 5.32 Å². The van der Waals surface area contributed by atoms with Crippen molar-refractivity contribution in [3.8, 4) is 0 Å². The number of furan rings is 1. The van der Waals surface area contributed by atoms with Gasteiger partial charge in [0.25, 0.3) is 0 Å². The van der Waals surface area contributed by atoms with E-state index >= 15 is 0 Å². The largest absolute Gasteiger partial charge is 0.458 e. The van der Waals surface area contributed by atoms with Gasteiger partial charge >= 0.3 is 0 Å². The fourth-order valence-electron chi connectivity index (χ4n) is 2.45. The Morgan fingerprint density at radius 1 is 1.10 bits per heavy atom. The summed E-state index contributed by atoms with van der Waals surface area (Å²) in [4.78, 5) is 0. The van der Waals surface area contributed by atoms with Gasteiger partial charge in [-0.2, -0.15) is 0 Å². The van der Waals surface area contributed by atoms with Crippen molar-refractivity contribution in [2.45, 2.75) is 40.2 Å². The molecular formula is C16H20Cl3NO. The SMILES string of the molecule is CC(C)CNCc1oc2c(Cl)cc(Cl)c(Cl)c2c1C(C)C. The van der Waals surface area contributed by atoms with Crippen molar-refractivity contribution in [1.29, 1.82) is 0 Å². The minimum absolute atomic E-state index is 0.272. The van der Waals surface area contributed by atoms with Crippen molar-refractivity contribution in [2.24, 2.45) is 5.92 Å². The molecule has 1 aromatic heterocycles. The van der Waals surface area contributed by atoms with Crippen LogP contribution >= 0.6 is 34.8 Å². The third kappa shape index (κ3) is 3.50. The Balaban J connectivity index is 2.53. The van der Waals surface area contributed by atoms with Crippen LogP contribution in [0.15, 0.2) is 10.5 Å². The van der Waals surface area contributed by atoms with Gasteiger partial charge in [0.05, 0.1) is 21.6 Å². The highest BCUT2D eigenvalue weighted by Gasteiger charge is 2.22. The van der Waals surface area contributed by atoms with Crippen molar-refractivity contribution in [3.63, 3.8) is 0 Å². The molecule has 1 N–H and O–H groups in total. The summed E-state index contributed by atoms with van der Waals surface area (Å²) in [5.41, 5.74) is 1.70. The van der Waals surface area contributed by atoms with Crippen molar-refractivity contribution < 1.29 is 4.42 Å². The number of hydrogen-bond acceptors (Lipinski definition) is 2. The Bertz CT molecular complexity index is 647. The lowest BCUT2D eigenvalue weighted by molar-refractivity contribution is 0.478. The average molecular weight is 349 g/mol. The van der Waals surface area contributed by atoms with Crippen molar-refractivity contribution in [3.05, 3.63) is 32.5 Å². The van der Waals surface area contributed by atoms with Gasteiger partial charge in [0.2, 0.25) is 0 Å². The van der Waals surface area contributed by atoms with E-state index in [9.17, 15) is 0 Å². The van der Waals surface area contributed by atoms with Crippen LogP contribution in [0.25, 0.3) is 11.0 Å². The Hall–Kier alpha value is -0.410. The van der Waals surface area contributed by atoms with E-state index in [0.717, 1.165) is 23.3 Å². The van der Waals surface area contributed by atoms with E-state index < -0.39 is 0 Å². The van der Waals surface area contributed by atoms with Gasteiger partial charge in [0.1, 0.15) is 5.76 Å². The molecule has 0 aliphatic heterocycles. The summed E-state index contributed by atoms with van der Waals surface area (Å²) in [7, 11) is 0. The molecule has 2 nitrogen and oxygen atoms in total. The minimum Gasteiger partial charge on any atom is -0.458 e. The van der Waals surface area contributed by atoms with Crippen LogP contribution in [0.2, 0.25) is 15.1 Å². The number of hydrogen-bond donors (Lipinski definition) is 1. The molecule has 0 aliphatic rings. The zero-order valence-corrected chi connectivity index (χ0v) is 15.0. The highest BCUT2D eigenvalue weighted by Crippen LogP contribution is 2.43. The summed E-state index contributed by atoms with van der Waals surface area (Å²) in [6.07, 6.45) is 0. The fourth-order valence-corrected chi connectivity index (χ4v) is 3.20. The van der Waals surface area contributed by atoms with Crippen LogP contribution in [0.5, 0.6) is 0 Å². The summed E-state index contributed by atoms with van der Waals surface area (Å²) in [6, 6.07) is 1.63. The molecule has 0 amide bonds. The van der Waals surface area contributed by atoms with Gasteiger partial charge < -0.3 is 9.73 Å². The lowest BCUT2D eigenvalue weighted by Gasteiger charge is -2.10. The number of fused-ring (bicyclic) bond motifs is 1. The maximum atomic E-state index is 6.37. The Morgan fingerprint density at radius 3 is 2.33 bits per heavy atom. The monoisotopic (exact) mass is 347 g/mol. The van der Waals surface area contributed by atoms with E-state index in [1.165, 1.54) is 0 Å². The van der Waals surface area contributed by atoms with Crippen LogP contribution in [0.4, 0.5) is 0 Å². The normalized spacial score (nSPS) is 12.0.